The van der Waals surface area contributed by atoms with Crippen molar-refractivity contribution in [2.75, 3.05) is 0 Å². The lowest BCUT2D eigenvalue weighted by Crippen LogP contribution is -2.49. The average Bonchev–Trinajstić information content (AvgIpc) is 3.45. The molecule has 8 heteroatoms. The fraction of sp³-hybridized carbons (Fsp3) is 0.360. The number of hydrogen-bond acceptors (Lipinski definition) is 4. The van der Waals surface area contributed by atoms with Gasteiger partial charge in [-0.25, -0.2) is 14.1 Å². The summed E-state index contributed by atoms with van der Waals surface area (Å²) < 4.78 is 15.1. The molecule has 7 nitrogen and oxygen atoms in total. The molecule has 0 spiro atoms. The van der Waals surface area contributed by atoms with Gasteiger partial charge in [0.1, 0.15) is 5.82 Å². The van der Waals surface area contributed by atoms with E-state index in [-0.39, 0.29) is 35.8 Å². The molecule has 0 unspecified atom stereocenters. The van der Waals surface area contributed by atoms with Gasteiger partial charge in [-0.1, -0.05) is 18.6 Å². The number of nitrogens with one attached hydrogen (secondary N) is 1. The number of pyridine rings is 1. The lowest BCUT2D eigenvalue weighted by Gasteiger charge is -2.33. The number of rotatable bonds is 4. The Morgan fingerprint density at radius 2 is 2.00 bits per heavy atom. The molecule has 2 saturated heterocycles. The number of aromatic nitrogens is 3. The van der Waals surface area contributed by atoms with E-state index in [1.165, 1.54) is 12.1 Å². The van der Waals surface area contributed by atoms with Gasteiger partial charge in [0.25, 0.3) is 5.91 Å². The molecule has 2 amide bonds. The fourth-order valence-electron chi connectivity index (χ4n) is 5.03. The smallest absolute Gasteiger partial charge is 0.256 e. The first kappa shape index (κ1) is 21.3. The number of fused-ring (bicyclic) bond motifs is 1. The minimum absolute atomic E-state index is 0.0461. The van der Waals surface area contributed by atoms with Crippen LogP contribution in [0.15, 0.2) is 61.1 Å². The predicted molar refractivity (Wildman–Crippen MR) is 120 cm³/mol. The van der Waals surface area contributed by atoms with Crippen molar-refractivity contribution in [2.45, 2.75) is 56.7 Å². The van der Waals surface area contributed by atoms with Crippen LogP contribution in [0.3, 0.4) is 0 Å². The molecule has 1 aromatic carbocycles. The van der Waals surface area contributed by atoms with Crippen LogP contribution in [-0.2, 0) is 11.2 Å². The van der Waals surface area contributed by atoms with E-state index in [4.69, 9.17) is 0 Å². The summed E-state index contributed by atoms with van der Waals surface area (Å²) in [7, 11) is 0. The summed E-state index contributed by atoms with van der Waals surface area (Å²) in [6.45, 7) is 0. The Hall–Kier alpha value is -3.55. The molecule has 1 N–H and O–H groups in total. The van der Waals surface area contributed by atoms with E-state index in [0.717, 1.165) is 24.8 Å². The van der Waals surface area contributed by atoms with Crippen molar-refractivity contribution in [3.05, 3.63) is 78.0 Å². The van der Waals surface area contributed by atoms with Crippen LogP contribution in [-0.4, -0.2) is 49.6 Å². The molecular formula is C25H26FN5O2. The van der Waals surface area contributed by atoms with Crippen molar-refractivity contribution in [1.82, 2.24) is 25.0 Å². The van der Waals surface area contributed by atoms with Gasteiger partial charge in [0.15, 0.2) is 5.82 Å². The maximum absolute atomic E-state index is 13.7. The average molecular weight is 448 g/mol. The van der Waals surface area contributed by atoms with E-state index in [0.29, 0.717) is 30.6 Å². The van der Waals surface area contributed by atoms with Crippen LogP contribution >= 0.6 is 0 Å². The van der Waals surface area contributed by atoms with Crippen LogP contribution in [0.2, 0.25) is 0 Å². The Balaban J connectivity index is 1.43. The normalized spacial score (nSPS) is 22.9. The van der Waals surface area contributed by atoms with E-state index in [2.05, 4.69) is 15.4 Å². The molecule has 33 heavy (non-hydrogen) atoms. The predicted octanol–water partition coefficient (Wildman–Crippen LogP) is 3.29. The van der Waals surface area contributed by atoms with Crippen molar-refractivity contribution in [3.8, 4) is 5.82 Å². The van der Waals surface area contributed by atoms with Gasteiger partial charge in [0.2, 0.25) is 5.91 Å². The number of hydrogen-bond donors (Lipinski definition) is 1. The third kappa shape index (κ3) is 4.51. The van der Waals surface area contributed by atoms with Gasteiger partial charge >= 0.3 is 0 Å². The summed E-state index contributed by atoms with van der Waals surface area (Å²) in [5, 5.41) is 7.33. The minimum atomic E-state index is -0.282. The molecule has 2 aromatic heterocycles. The summed E-state index contributed by atoms with van der Waals surface area (Å²) in [4.78, 5) is 32.4. The highest BCUT2D eigenvalue weighted by Crippen LogP contribution is 2.33. The number of carbonyl (C=O) groups is 2. The zero-order valence-electron chi connectivity index (χ0n) is 18.2. The molecule has 2 fully saturated rings. The molecule has 0 saturated carbocycles. The molecule has 5 rings (SSSR count). The topological polar surface area (TPSA) is 80.1 Å². The van der Waals surface area contributed by atoms with E-state index in [1.807, 2.05) is 11.0 Å². The molecule has 3 atom stereocenters. The number of amides is 2. The molecule has 2 aliphatic rings. The van der Waals surface area contributed by atoms with Crippen molar-refractivity contribution < 1.29 is 14.0 Å². The summed E-state index contributed by atoms with van der Waals surface area (Å²) in [5.74, 6) is 0.306. The number of nitrogens with zero attached hydrogens (tertiary/aromatic N) is 4. The van der Waals surface area contributed by atoms with E-state index < -0.39 is 0 Å². The zero-order valence-corrected chi connectivity index (χ0v) is 18.2. The third-order valence-electron chi connectivity index (χ3n) is 6.59. The second-order valence-corrected chi connectivity index (χ2v) is 8.78. The first-order valence-electron chi connectivity index (χ1n) is 11.4. The fourth-order valence-corrected chi connectivity index (χ4v) is 5.03. The van der Waals surface area contributed by atoms with E-state index in [9.17, 15) is 14.0 Å². The van der Waals surface area contributed by atoms with Crippen LogP contribution in [0, 0.1) is 5.82 Å². The standard InChI is InChI=1S/C25H26FN5O2/c26-19-9-6-17(7-10-19)14-20-15-21-22(4-1-2-5-24(32)29-21)31(20)25(33)18-8-11-23(27-16-18)30-13-3-12-28-30/h3,6-13,16,20-22H,1-2,4-5,14-15H2,(H,29,32)/t20-,21+,22-/m1/s1. The van der Waals surface area contributed by atoms with Gasteiger partial charge in [-0.15, -0.1) is 0 Å². The Morgan fingerprint density at radius 1 is 1.15 bits per heavy atom. The Kier molecular flexibility index (Phi) is 5.90. The molecular weight excluding hydrogens is 421 g/mol. The molecule has 0 aliphatic carbocycles. The van der Waals surface area contributed by atoms with Crippen molar-refractivity contribution in [3.63, 3.8) is 0 Å². The first-order chi connectivity index (χ1) is 16.1. The minimum Gasteiger partial charge on any atom is -0.351 e. The van der Waals surface area contributed by atoms with Crippen molar-refractivity contribution in [2.24, 2.45) is 0 Å². The van der Waals surface area contributed by atoms with Crippen molar-refractivity contribution in [1.29, 1.82) is 0 Å². The molecule has 3 aromatic rings. The van der Waals surface area contributed by atoms with Gasteiger partial charge < -0.3 is 10.2 Å². The lowest BCUT2D eigenvalue weighted by atomic mass is 9.97. The van der Waals surface area contributed by atoms with E-state index >= 15 is 0 Å². The highest BCUT2D eigenvalue weighted by Gasteiger charge is 2.44. The quantitative estimate of drug-likeness (QED) is 0.666. The Labute approximate surface area is 191 Å². The van der Waals surface area contributed by atoms with Crippen LogP contribution in [0.25, 0.3) is 5.82 Å². The van der Waals surface area contributed by atoms with Gasteiger partial charge in [-0.2, -0.15) is 5.10 Å². The van der Waals surface area contributed by atoms with Crippen LogP contribution in [0.5, 0.6) is 0 Å². The molecule has 0 radical (unpaired) electrons. The summed E-state index contributed by atoms with van der Waals surface area (Å²) in [6.07, 6.45) is 9.43. The molecule has 4 heterocycles. The zero-order chi connectivity index (χ0) is 22.8. The number of benzene rings is 1. The maximum atomic E-state index is 13.7. The first-order valence-corrected chi connectivity index (χ1v) is 11.4. The highest BCUT2D eigenvalue weighted by molar-refractivity contribution is 5.95. The van der Waals surface area contributed by atoms with E-state index in [1.54, 1.807) is 47.5 Å². The third-order valence-corrected chi connectivity index (χ3v) is 6.59. The molecule has 170 valence electrons. The summed E-state index contributed by atoms with van der Waals surface area (Å²) in [6, 6.07) is 11.5. The van der Waals surface area contributed by atoms with Crippen LogP contribution in [0.4, 0.5) is 4.39 Å². The van der Waals surface area contributed by atoms with Gasteiger partial charge in [0.05, 0.1) is 17.6 Å². The Bertz CT molecular complexity index is 1110. The van der Waals surface area contributed by atoms with Gasteiger partial charge in [0, 0.05) is 31.1 Å². The van der Waals surface area contributed by atoms with Gasteiger partial charge in [-0.3, -0.25) is 9.59 Å². The Morgan fingerprint density at radius 3 is 2.73 bits per heavy atom. The monoisotopic (exact) mass is 447 g/mol. The molecule has 2 aliphatic heterocycles. The summed E-state index contributed by atoms with van der Waals surface area (Å²) >= 11 is 0. The molecule has 0 bridgehead atoms. The summed E-state index contributed by atoms with van der Waals surface area (Å²) in [5.41, 5.74) is 1.47. The largest absolute Gasteiger partial charge is 0.351 e. The maximum Gasteiger partial charge on any atom is 0.256 e. The van der Waals surface area contributed by atoms with Crippen LogP contribution in [0.1, 0.15) is 48.0 Å². The second kappa shape index (κ2) is 9.13. The number of likely N-dealkylation sites (tertiary alicyclic amines) is 1. The highest BCUT2D eigenvalue weighted by atomic mass is 19.1. The lowest BCUT2D eigenvalue weighted by molar-refractivity contribution is -0.122. The van der Waals surface area contributed by atoms with Crippen molar-refractivity contribution >= 4 is 11.8 Å². The van der Waals surface area contributed by atoms with Gasteiger partial charge in [-0.05, 0) is 61.6 Å². The number of carbonyl (C=O) groups excluding carboxylic acids is 2. The van der Waals surface area contributed by atoms with Crippen LogP contribution < -0.4 is 5.32 Å². The SMILES string of the molecule is O=C1CCCC[C@@H]2[C@H](C[C@@H](Cc3ccc(F)cc3)N2C(=O)c2ccc(-n3cccn3)nc2)N1. The number of halogens is 1. The second-order valence-electron chi connectivity index (χ2n) is 8.78.